The van der Waals surface area contributed by atoms with Gasteiger partial charge in [0.25, 0.3) is 0 Å². The van der Waals surface area contributed by atoms with E-state index in [2.05, 4.69) is 18.8 Å². The third-order valence-corrected chi connectivity index (χ3v) is 3.74. The Morgan fingerprint density at radius 2 is 2.19 bits per heavy atom. The molecule has 0 aliphatic rings. The van der Waals surface area contributed by atoms with Crippen molar-refractivity contribution < 1.29 is 14.6 Å². The molecule has 0 saturated heterocycles. The molecule has 6 heteroatoms. The number of nitrogen functional groups attached to an aromatic ring is 1. The van der Waals surface area contributed by atoms with Crippen LogP contribution in [0.3, 0.4) is 0 Å². The minimum Gasteiger partial charge on any atom is -0.491 e. The number of aryl methyl sites for hydroxylation is 1. The molecular weight excluding hydrogens is 288 g/mol. The molecule has 1 aromatic carbocycles. The molecule has 0 spiro atoms. The van der Waals surface area contributed by atoms with E-state index in [0.717, 1.165) is 11.3 Å². The molecule has 0 atom stereocenters. The Morgan fingerprint density at radius 1 is 1.48 bits per heavy atom. The highest BCUT2D eigenvalue weighted by Crippen LogP contribution is 2.32. The number of aromatic nitrogens is 1. The highest BCUT2D eigenvalue weighted by Gasteiger charge is 2.18. The number of thiazole rings is 1. The van der Waals surface area contributed by atoms with Gasteiger partial charge in [0.2, 0.25) is 0 Å². The van der Waals surface area contributed by atoms with E-state index in [4.69, 9.17) is 10.5 Å². The summed E-state index contributed by atoms with van der Waals surface area (Å²) in [7, 11) is 0. The molecule has 3 N–H and O–H groups in total. The maximum atomic E-state index is 11.3. The average molecular weight is 306 g/mol. The van der Waals surface area contributed by atoms with Crippen molar-refractivity contribution in [2.75, 3.05) is 12.3 Å². The molecule has 2 aromatic rings. The van der Waals surface area contributed by atoms with Gasteiger partial charge in [-0.05, 0) is 31.0 Å². The summed E-state index contributed by atoms with van der Waals surface area (Å²) in [5, 5.41) is 9.93. The Hall–Kier alpha value is -2.08. The number of hydrogen-bond acceptors (Lipinski definition) is 5. The molecule has 5 nitrogen and oxygen atoms in total. The van der Waals surface area contributed by atoms with E-state index < -0.39 is 5.97 Å². The van der Waals surface area contributed by atoms with E-state index in [1.165, 1.54) is 0 Å². The second kappa shape index (κ2) is 6.13. The first-order valence-corrected chi connectivity index (χ1v) is 7.43. The molecular formula is C15H18N2O3S. The van der Waals surface area contributed by atoms with E-state index in [1.54, 1.807) is 25.1 Å². The normalized spacial score (nSPS) is 10.9. The monoisotopic (exact) mass is 306 g/mol. The molecule has 21 heavy (non-hydrogen) atoms. The summed E-state index contributed by atoms with van der Waals surface area (Å²) < 4.78 is 5.61. The lowest BCUT2D eigenvalue weighted by molar-refractivity contribution is 0.0702. The van der Waals surface area contributed by atoms with Crippen LogP contribution >= 0.6 is 11.3 Å². The lowest BCUT2D eigenvalue weighted by Gasteiger charge is -2.11. The SMILES string of the molecule is Cc1nc(-c2ccc(OCC(C)C)c(N)c2)c(C(=O)O)s1. The van der Waals surface area contributed by atoms with Gasteiger partial charge in [-0.2, -0.15) is 0 Å². The number of carboxylic acid groups (broad SMARTS) is 1. The fourth-order valence-electron chi connectivity index (χ4n) is 1.85. The van der Waals surface area contributed by atoms with E-state index in [1.807, 2.05) is 0 Å². The number of carbonyl (C=O) groups is 1. The summed E-state index contributed by atoms with van der Waals surface area (Å²) in [6.07, 6.45) is 0. The van der Waals surface area contributed by atoms with E-state index in [9.17, 15) is 9.90 Å². The van der Waals surface area contributed by atoms with Crippen molar-refractivity contribution in [3.05, 3.63) is 28.1 Å². The van der Waals surface area contributed by atoms with Crippen molar-refractivity contribution in [2.45, 2.75) is 20.8 Å². The van der Waals surface area contributed by atoms with Gasteiger partial charge in [-0.15, -0.1) is 11.3 Å². The molecule has 0 saturated carbocycles. The van der Waals surface area contributed by atoms with Gasteiger partial charge in [-0.1, -0.05) is 13.8 Å². The smallest absolute Gasteiger partial charge is 0.348 e. The number of hydrogen-bond donors (Lipinski definition) is 2. The molecule has 0 aliphatic heterocycles. The van der Waals surface area contributed by atoms with Crippen LogP contribution in [0.2, 0.25) is 0 Å². The zero-order valence-corrected chi connectivity index (χ0v) is 13.0. The molecule has 112 valence electrons. The third-order valence-electron chi connectivity index (χ3n) is 2.78. The molecule has 0 unspecified atom stereocenters. The van der Waals surface area contributed by atoms with Crippen molar-refractivity contribution in [1.29, 1.82) is 0 Å². The van der Waals surface area contributed by atoms with Crippen LogP contribution in [0.1, 0.15) is 28.5 Å². The van der Waals surface area contributed by atoms with Crippen LogP contribution < -0.4 is 10.5 Å². The highest BCUT2D eigenvalue weighted by atomic mass is 32.1. The summed E-state index contributed by atoms with van der Waals surface area (Å²) >= 11 is 1.16. The maximum absolute atomic E-state index is 11.3. The lowest BCUT2D eigenvalue weighted by Crippen LogP contribution is -2.06. The summed E-state index contributed by atoms with van der Waals surface area (Å²) in [6, 6.07) is 5.25. The van der Waals surface area contributed by atoms with Crippen LogP contribution in [-0.4, -0.2) is 22.7 Å². The Morgan fingerprint density at radius 3 is 2.76 bits per heavy atom. The predicted molar refractivity (Wildman–Crippen MR) is 84.0 cm³/mol. The number of nitrogens with zero attached hydrogens (tertiary/aromatic N) is 1. The Labute approximate surface area is 127 Å². The van der Waals surface area contributed by atoms with Gasteiger partial charge in [0, 0.05) is 5.56 Å². The number of rotatable bonds is 5. The van der Waals surface area contributed by atoms with E-state index in [0.29, 0.717) is 40.2 Å². The van der Waals surface area contributed by atoms with Crippen LogP contribution in [0.4, 0.5) is 5.69 Å². The second-order valence-electron chi connectivity index (χ2n) is 5.17. The van der Waals surface area contributed by atoms with E-state index in [-0.39, 0.29) is 4.88 Å². The van der Waals surface area contributed by atoms with Crippen molar-refractivity contribution in [1.82, 2.24) is 4.98 Å². The molecule has 0 amide bonds. The number of aromatic carboxylic acids is 1. The standard InChI is InChI=1S/C15H18N2O3S/c1-8(2)7-20-12-5-4-10(6-11(12)16)13-14(15(18)19)21-9(3)17-13/h4-6,8H,7,16H2,1-3H3,(H,18,19). The lowest BCUT2D eigenvalue weighted by atomic mass is 10.1. The first kappa shape index (κ1) is 15.3. The minimum absolute atomic E-state index is 0.225. The third kappa shape index (κ3) is 3.52. The van der Waals surface area contributed by atoms with Crippen LogP contribution in [-0.2, 0) is 0 Å². The largest absolute Gasteiger partial charge is 0.491 e. The van der Waals surface area contributed by atoms with Gasteiger partial charge in [0.15, 0.2) is 0 Å². The molecule has 0 bridgehead atoms. The molecule has 0 fully saturated rings. The first-order chi connectivity index (χ1) is 9.88. The molecule has 2 rings (SSSR count). The summed E-state index contributed by atoms with van der Waals surface area (Å²) in [5.74, 6) is 0.0365. The minimum atomic E-state index is -0.977. The maximum Gasteiger partial charge on any atom is 0.348 e. The van der Waals surface area contributed by atoms with Gasteiger partial charge in [0.05, 0.1) is 23.0 Å². The number of anilines is 1. The summed E-state index contributed by atoms with van der Waals surface area (Å²) in [4.78, 5) is 15.8. The van der Waals surface area contributed by atoms with Crippen molar-refractivity contribution >= 4 is 23.0 Å². The molecule has 1 aromatic heterocycles. The first-order valence-electron chi connectivity index (χ1n) is 6.62. The molecule has 0 aliphatic carbocycles. The quantitative estimate of drug-likeness (QED) is 0.827. The van der Waals surface area contributed by atoms with Gasteiger partial charge >= 0.3 is 5.97 Å². The van der Waals surface area contributed by atoms with Gasteiger partial charge in [0.1, 0.15) is 10.6 Å². The molecule has 1 heterocycles. The summed E-state index contributed by atoms with van der Waals surface area (Å²) in [6.45, 7) is 6.48. The van der Waals surface area contributed by atoms with Crippen molar-refractivity contribution in [3.8, 4) is 17.0 Å². The second-order valence-corrected chi connectivity index (χ2v) is 6.38. The van der Waals surface area contributed by atoms with Gasteiger partial charge in [-0.3, -0.25) is 0 Å². The van der Waals surface area contributed by atoms with Gasteiger partial charge in [-0.25, -0.2) is 9.78 Å². The zero-order valence-electron chi connectivity index (χ0n) is 12.2. The fraction of sp³-hybridized carbons (Fsp3) is 0.333. The number of nitrogens with two attached hydrogens (primary N) is 1. The van der Waals surface area contributed by atoms with Crippen molar-refractivity contribution in [3.63, 3.8) is 0 Å². The average Bonchev–Trinajstić information content (AvgIpc) is 2.79. The number of carboxylic acids is 1. The highest BCUT2D eigenvalue weighted by molar-refractivity contribution is 7.14. The van der Waals surface area contributed by atoms with Crippen LogP contribution in [0, 0.1) is 12.8 Å². The van der Waals surface area contributed by atoms with Crippen LogP contribution in [0.25, 0.3) is 11.3 Å². The Bertz CT molecular complexity index is 665. The summed E-state index contributed by atoms with van der Waals surface area (Å²) in [5.41, 5.74) is 7.60. The fourth-order valence-corrected chi connectivity index (χ4v) is 2.63. The van der Waals surface area contributed by atoms with E-state index >= 15 is 0 Å². The van der Waals surface area contributed by atoms with Crippen molar-refractivity contribution in [2.24, 2.45) is 5.92 Å². The zero-order chi connectivity index (χ0) is 15.6. The number of ether oxygens (including phenoxy) is 1. The van der Waals surface area contributed by atoms with Crippen LogP contribution in [0.5, 0.6) is 5.75 Å². The van der Waals surface area contributed by atoms with Gasteiger partial charge < -0.3 is 15.6 Å². The molecule has 0 radical (unpaired) electrons. The Kier molecular flexibility index (Phi) is 4.47. The Balaban J connectivity index is 2.34. The number of benzene rings is 1. The van der Waals surface area contributed by atoms with Crippen LogP contribution in [0.15, 0.2) is 18.2 Å². The predicted octanol–water partition coefficient (Wildman–Crippen LogP) is 3.43. The topological polar surface area (TPSA) is 85.4 Å².